The molecule has 0 aliphatic rings. The molecule has 0 radical (unpaired) electrons. The second kappa shape index (κ2) is 10.8. The molecule has 0 bridgehead atoms. The Morgan fingerprint density at radius 2 is 2.04 bits per heavy atom. The number of ether oxygens (including phenoxy) is 1. The van der Waals surface area contributed by atoms with Crippen LogP contribution in [0.1, 0.15) is 28.4 Å². The van der Waals surface area contributed by atoms with Crippen molar-refractivity contribution in [1.29, 1.82) is 0 Å². The van der Waals surface area contributed by atoms with Gasteiger partial charge in [-0.25, -0.2) is 9.98 Å². The first-order valence-electron chi connectivity index (χ1n) is 8.98. The van der Waals surface area contributed by atoms with Crippen LogP contribution in [-0.4, -0.2) is 44.1 Å². The van der Waals surface area contributed by atoms with Gasteiger partial charge in [-0.15, -0.1) is 0 Å². The lowest BCUT2D eigenvalue weighted by Crippen LogP contribution is -2.38. The predicted molar refractivity (Wildman–Crippen MR) is 107 cm³/mol. The molecule has 1 amide bonds. The van der Waals surface area contributed by atoms with Crippen LogP contribution in [-0.2, 0) is 13.0 Å². The van der Waals surface area contributed by atoms with Crippen molar-refractivity contribution in [3.05, 3.63) is 59.3 Å². The van der Waals surface area contributed by atoms with E-state index in [-0.39, 0.29) is 5.91 Å². The summed E-state index contributed by atoms with van der Waals surface area (Å²) < 4.78 is 5.06. The molecule has 3 N–H and O–H groups in total. The topological polar surface area (TPSA) is 87.6 Å². The van der Waals surface area contributed by atoms with E-state index in [1.54, 1.807) is 20.4 Å². The van der Waals surface area contributed by atoms with Gasteiger partial charge in [0.15, 0.2) is 5.96 Å². The number of carbonyl (C=O) groups is 1. The van der Waals surface area contributed by atoms with Gasteiger partial charge in [-0.1, -0.05) is 18.2 Å². The minimum Gasteiger partial charge on any atom is -0.481 e. The third-order valence-corrected chi connectivity index (χ3v) is 3.89. The molecule has 7 nitrogen and oxygen atoms in total. The second-order valence-electron chi connectivity index (χ2n) is 5.86. The number of hydrogen-bond acceptors (Lipinski definition) is 4. The lowest BCUT2D eigenvalue weighted by Gasteiger charge is -2.12. The fourth-order valence-electron chi connectivity index (χ4n) is 2.47. The molecule has 2 rings (SSSR count). The van der Waals surface area contributed by atoms with Gasteiger partial charge in [0.05, 0.1) is 13.7 Å². The molecule has 0 aliphatic heterocycles. The molecule has 0 fully saturated rings. The van der Waals surface area contributed by atoms with E-state index in [0.29, 0.717) is 24.5 Å². The van der Waals surface area contributed by atoms with Crippen LogP contribution in [0.5, 0.6) is 5.88 Å². The Kier molecular flexibility index (Phi) is 8.09. The quantitative estimate of drug-likeness (QED) is 0.487. The molecule has 7 heteroatoms. The van der Waals surface area contributed by atoms with E-state index in [1.807, 2.05) is 43.3 Å². The first kappa shape index (κ1) is 20.2. The van der Waals surface area contributed by atoms with Gasteiger partial charge in [0.25, 0.3) is 5.91 Å². The van der Waals surface area contributed by atoms with E-state index >= 15 is 0 Å². The van der Waals surface area contributed by atoms with Gasteiger partial charge in [-0.2, -0.15) is 0 Å². The maximum Gasteiger partial charge on any atom is 0.251 e. The molecule has 0 saturated heterocycles. The minimum atomic E-state index is -0.0761. The summed E-state index contributed by atoms with van der Waals surface area (Å²) >= 11 is 0. The number of pyridine rings is 1. The maximum absolute atomic E-state index is 11.7. The first-order chi connectivity index (χ1) is 13.2. The van der Waals surface area contributed by atoms with E-state index in [0.717, 1.165) is 30.1 Å². The molecular weight excluding hydrogens is 342 g/mol. The van der Waals surface area contributed by atoms with Gasteiger partial charge >= 0.3 is 0 Å². The maximum atomic E-state index is 11.7. The van der Waals surface area contributed by atoms with Crippen LogP contribution in [0, 0.1) is 0 Å². The standard InChI is InChI=1S/C20H27N5O2/c1-4-22-20(25-14-16-8-9-18(27-3)24-13-16)23-11-10-15-6-5-7-17(12-15)19(26)21-2/h5-9,12-13H,4,10-11,14H2,1-3H3,(H,21,26)(H2,22,23,25). The summed E-state index contributed by atoms with van der Waals surface area (Å²) in [7, 11) is 3.23. The van der Waals surface area contributed by atoms with E-state index in [2.05, 4.69) is 25.9 Å². The smallest absolute Gasteiger partial charge is 0.251 e. The van der Waals surface area contributed by atoms with E-state index < -0.39 is 0 Å². The van der Waals surface area contributed by atoms with E-state index in [1.165, 1.54) is 0 Å². The number of benzene rings is 1. The number of aliphatic imine (C=N–C) groups is 1. The van der Waals surface area contributed by atoms with Gasteiger partial charge in [0.2, 0.25) is 5.88 Å². The molecule has 0 unspecified atom stereocenters. The highest BCUT2D eigenvalue weighted by molar-refractivity contribution is 5.94. The number of hydrogen-bond donors (Lipinski definition) is 3. The number of aromatic nitrogens is 1. The molecule has 2 aromatic rings. The van der Waals surface area contributed by atoms with Gasteiger partial charge < -0.3 is 20.7 Å². The number of amides is 1. The van der Waals surface area contributed by atoms with E-state index in [9.17, 15) is 4.79 Å². The highest BCUT2D eigenvalue weighted by Gasteiger charge is 2.04. The third kappa shape index (κ3) is 6.62. The lowest BCUT2D eigenvalue weighted by molar-refractivity contribution is 0.0963. The average molecular weight is 369 g/mol. The average Bonchev–Trinajstić information content (AvgIpc) is 2.72. The highest BCUT2D eigenvalue weighted by atomic mass is 16.5. The predicted octanol–water partition coefficient (Wildman–Crippen LogP) is 1.75. The molecular formula is C20H27N5O2. The first-order valence-corrected chi connectivity index (χ1v) is 8.98. The van der Waals surface area contributed by atoms with Crippen LogP contribution in [0.4, 0.5) is 0 Å². The fraction of sp³-hybridized carbons (Fsp3) is 0.350. The zero-order valence-electron chi connectivity index (χ0n) is 16.1. The van der Waals surface area contributed by atoms with Crippen LogP contribution >= 0.6 is 0 Å². The normalized spacial score (nSPS) is 11.0. The summed E-state index contributed by atoms with van der Waals surface area (Å²) in [6, 6.07) is 11.4. The Morgan fingerprint density at radius 3 is 2.70 bits per heavy atom. The molecule has 27 heavy (non-hydrogen) atoms. The summed E-state index contributed by atoms with van der Waals surface area (Å²) in [6.07, 6.45) is 2.55. The summed E-state index contributed by atoms with van der Waals surface area (Å²) in [4.78, 5) is 20.5. The van der Waals surface area contributed by atoms with Crippen molar-refractivity contribution in [1.82, 2.24) is 20.9 Å². The van der Waals surface area contributed by atoms with Crippen LogP contribution in [0.2, 0.25) is 0 Å². The lowest BCUT2D eigenvalue weighted by atomic mass is 10.1. The Balaban J connectivity index is 1.90. The molecule has 0 atom stereocenters. The number of rotatable bonds is 8. The van der Waals surface area contributed by atoms with Gasteiger partial charge in [-0.05, 0) is 36.6 Å². The molecule has 0 saturated carbocycles. The molecule has 144 valence electrons. The van der Waals surface area contributed by atoms with E-state index in [4.69, 9.17) is 4.74 Å². The Morgan fingerprint density at radius 1 is 1.19 bits per heavy atom. The monoisotopic (exact) mass is 369 g/mol. The molecule has 1 aromatic carbocycles. The summed E-state index contributed by atoms with van der Waals surface area (Å²) in [5.41, 5.74) is 2.77. The van der Waals surface area contributed by atoms with Crippen molar-refractivity contribution >= 4 is 11.9 Å². The minimum absolute atomic E-state index is 0.0761. The summed E-state index contributed by atoms with van der Waals surface area (Å²) in [6.45, 7) is 4.04. The number of carbonyl (C=O) groups excluding carboxylic acids is 1. The second-order valence-corrected chi connectivity index (χ2v) is 5.86. The fourth-order valence-corrected chi connectivity index (χ4v) is 2.47. The van der Waals surface area contributed by atoms with Gasteiger partial charge in [0.1, 0.15) is 0 Å². The zero-order chi connectivity index (χ0) is 19.5. The van der Waals surface area contributed by atoms with Crippen LogP contribution in [0.15, 0.2) is 47.6 Å². The van der Waals surface area contributed by atoms with Crippen molar-refractivity contribution in [3.8, 4) is 5.88 Å². The number of nitrogens with one attached hydrogen (secondary N) is 3. The largest absolute Gasteiger partial charge is 0.481 e. The Hall–Kier alpha value is -3.09. The molecule has 1 aromatic heterocycles. The molecule has 1 heterocycles. The Bertz CT molecular complexity index is 759. The van der Waals surface area contributed by atoms with Crippen molar-refractivity contribution in [3.63, 3.8) is 0 Å². The van der Waals surface area contributed by atoms with Gasteiger partial charge in [-0.3, -0.25) is 4.79 Å². The van der Waals surface area contributed by atoms with Crippen LogP contribution in [0.3, 0.4) is 0 Å². The van der Waals surface area contributed by atoms with Crippen molar-refractivity contribution in [2.24, 2.45) is 4.99 Å². The third-order valence-electron chi connectivity index (χ3n) is 3.89. The van der Waals surface area contributed by atoms with Crippen molar-refractivity contribution in [2.45, 2.75) is 19.9 Å². The SMILES string of the molecule is CCNC(=NCc1ccc(OC)nc1)NCCc1cccc(C(=O)NC)c1. The summed E-state index contributed by atoms with van der Waals surface area (Å²) in [5.74, 6) is 1.26. The van der Waals surface area contributed by atoms with Gasteiger partial charge in [0, 0.05) is 38.0 Å². The zero-order valence-corrected chi connectivity index (χ0v) is 16.1. The number of methoxy groups -OCH3 is 1. The number of guanidine groups is 1. The highest BCUT2D eigenvalue weighted by Crippen LogP contribution is 2.08. The van der Waals surface area contributed by atoms with Crippen molar-refractivity contribution in [2.75, 3.05) is 27.2 Å². The Labute approximate surface area is 160 Å². The molecule has 0 spiro atoms. The van der Waals surface area contributed by atoms with Crippen LogP contribution < -0.4 is 20.7 Å². The summed E-state index contributed by atoms with van der Waals surface area (Å²) in [5, 5.41) is 9.19. The van der Waals surface area contributed by atoms with Crippen molar-refractivity contribution < 1.29 is 9.53 Å². The van der Waals surface area contributed by atoms with Crippen LogP contribution in [0.25, 0.3) is 0 Å². The molecule has 0 aliphatic carbocycles. The number of nitrogens with zero attached hydrogens (tertiary/aromatic N) is 2.